The van der Waals surface area contributed by atoms with Crippen molar-refractivity contribution in [1.82, 2.24) is 20.2 Å². The summed E-state index contributed by atoms with van der Waals surface area (Å²) >= 11 is 1.23. The van der Waals surface area contributed by atoms with Gasteiger partial charge < -0.3 is 5.11 Å². The fraction of sp³-hybridized carbons (Fsp3) is 0.0526. The van der Waals surface area contributed by atoms with E-state index in [1.54, 1.807) is 24.3 Å². The summed E-state index contributed by atoms with van der Waals surface area (Å²) in [5, 5.41) is 18.4. The Hall–Kier alpha value is -3.19. The monoisotopic (exact) mass is 362 g/mol. The Morgan fingerprint density at radius 1 is 1.08 bits per heavy atom. The van der Waals surface area contributed by atoms with Crippen molar-refractivity contribution >= 4 is 29.0 Å². The quantitative estimate of drug-likeness (QED) is 0.533. The molecule has 0 aliphatic carbocycles. The minimum absolute atomic E-state index is 0.189. The molecular formula is C19H14N4O2S. The maximum atomic E-state index is 11.5. The molecule has 0 radical (unpaired) electrons. The van der Waals surface area contributed by atoms with Crippen LogP contribution in [0.3, 0.4) is 0 Å². The molecule has 0 amide bonds. The van der Waals surface area contributed by atoms with Crippen LogP contribution in [-0.4, -0.2) is 31.6 Å². The van der Waals surface area contributed by atoms with Crippen LogP contribution < -0.4 is 0 Å². The van der Waals surface area contributed by atoms with E-state index in [1.807, 2.05) is 31.2 Å². The van der Waals surface area contributed by atoms with Crippen molar-refractivity contribution in [2.75, 3.05) is 0 Å². The lowest BCUT2D eigenvalue weighted by molar-refractivity contribution is 0.112. The van der Waals surface area contributed by atoms with Crippen LogP contribution in [0.15, 0.2) is 58.7 Å². The Bertz CT molecular complexity index is 1110. The molecule has 7 heteroatoms. The number of hydrogen-bond acceptors (Lipinski definition) is 6. The van der Waals surface area contributed by atoms with Crippen molar-refractivity contribution in [3.8, 4) is 17.1 Å². The molecule has 4 aromatic rings. The molecule has 0 bridgehead atoms. The number of nitrogens with one attached hydrogen (secondary N) is 1. The summed E-state index contributed by atoms with van der Waals surface area (Å²) in [6.45, 7) is 2.00. The number of aldehydes is 1. The van der Waals surface area contributed by atoms with Gasteiger partial charge in [0, 0.05) is 16.5 Å². The lowest BCUT2D eigenvalue weighted by atomic mass is 10.1. The number of aromatic hydroxyl groups is 1. The molecule has 2 aromatic carbocycles. The number of carbonyl (C=O) groups is 1. The zero-order chi connectivity index (χ0) is 18.1. The highest BCUT2D eigenvalue weighted by Gasteiger charge is 2.13. The van der Waals surface area contributed by atoms with Gasteiger partial charge in [0.25, 0.3) is 0 Å². The number of benzene rings is 2. The van der Waals surface area contributed by atoms with E-state index in [0.29, 0.717) is 21.6 Å². The standard InChI is InChI=1S/C19H14N4O2S/c1-11-2-7-16-13(8-11)9-14(10-24)18(20-16)26-19-21-17(22-23-19)12-3-5-15(25)6-4-12/h2-10,25H,1H3,(H,21,22,23). The van der Waals surface area contributed by atoms with Crippen molar-refractivity contribution in [3.63, 3.8) is 0 Å². The first-order valence-electron chi connectivity index (χ1n) is 7.88. The smallest absolute Gasteiger partial charge is 0.215 e. The van der Waals surface area contributed by atoms with E-state index in [1.165, 1.54) is 11.8 Å². The molecule has 0 spiro atoms. The molecule has 0 aliphatic rings. The number of rotatable bonds is 4. The van der Waals surface area contributed by atoms with Crippen LogP contribution in [-0.2, 0) is 0 Å². The third kappa shape index (κ3) is 3.16. The Morgan fingerprint density at radius 3 is 2.65 bits per heavy atom. The Morgan fingerprint density at radius 2 is 1.88 bits per heavy atom. The predicted octanol–water partition coefficient (Wildman–Crippen LogP) is 4.00. The van der Waals surface area contributed by atoms with Gasteiger partial charge in [-0.1, -0.05) is 11.6 Å². The molecule has 4 rings (SSSR count). The van der Waals surface area contributed by atoms with Crippen molar-refractivity contribution < 1.29 is 9.90 Å². The molecule has 0 aliphatic heterocycles. The summed E-state index contributed by atoms with van der Waals surface area (Å²) in [5.41, 5.74) is 3.24. The second-order valence-electron chi connectivity index (χ2n) is 5.81. The molecule has 2 aromatic heterocycles. The molecular weight excluding hydrogens is 348 g/mol. The maximum Gasteiger partial charge on any atom is 0.215 e. The summed E-state index contributed by atoms with van der Waals surface area (Å²) in [4.78, 5) is 20.5. The van der Waals surface area contributed by atoms with Crippen molar-refractivity contribution in [3.05, 3.63) is 59.7 Å². The van der Waals surface area contributed by atoms with Gasteiger partial charge in [0.15, 0.2) is 12.1 Å². The van der Waals surface area contributed by atoms with E-state index in [9.17, 15) is 9.90 Å². The molecule has 26 heavy (non-hydrogen) atoms. The van der Waals surface area contributed by atoms with Crippen LogP contribution in [0, 0.1) is 6.92 Å². The van der Waals surface area contributed by atoms with Crippen LogP contribution in [0.2, 0.25) is 0 Å². The number of pyridine rings is 1. The minimum atomic E-state index is 0.189. The second-order valence-corrected chi connectivity index (χ2v) is 6.77. The number of carbonyl (C=O) groups excluding carboxylic acids is 1. The lowest BCUT2D eigenvalue weighted by Crippen LogP contribution is -1.92. The third-order valence-electron chi connectivity index (χ3n) is 3.88. The Balaban J connectivity index is 1.67. The number of aryl methyl sites for hydroxylation is 1. The molecule has 0 saturated heterocycles. The fourth-order valence-corrected chi connectivity index (χ4v) is 3.36. The van der Waals surface area contributed by atoms with Gasteiger partial charge in [0.2, 0.25) is 5.16 Å². The fourth-order valence-electron chi connectivity index (χ4n) is 2.59. The van der Waals surface area contributed by atoms with Gasteiger partial charge in [-0.25, -0.2) is 9.97 Å². The minimum Gasteiger partial charge on any atom is -0.508 e. The van der Waals surface area contributed by atoms with Gasteiger partial charge >= 0.3 is 0 Å². The molecule has 2 heterocycles. The van der Waals surface area contributed by atoms with E-state index in [2.05, 4.69) is 20.2 Å². The zero-order valence-corrected chi connectivity index (χ0v) is 14.6. The van der Waals surface area contributed by atoms with Crippen LogP contribution in [0.5, 0.6) is 5.75 Å². The summed E-state index contributed by atoms with van der Waals surface area (Å²) in [6.07, 6.45) is 0.796. The van der Waals surface area contributed by atoms with Crippen molar-refractivity contribution in [1.29, 1.82) is 0 Å². The lowest BCUT2D eigenvalue weighted by Gasteiger charge is -2.05. The molecule has 2 N–H and O–H groups in total. The van der Waals surface area contributed by atoms with Gasteiger partial charge in [-0.05, 0) is 61.2 Å². The summed E-state index contributed by atoms with van der Waals surface area (Å²) in [5.74, 6) is 0.769. The highest BCUT2D eigenvalue weighted by atomic mass is 32.2. The van der Waals surface area contributed by atoms with Gasteiger partial charge in [0.05, 0.1) is 5.52 Å². The average Bonchev–Trinajstić information content (AvgIpc) is 3.10. The Kier molecular flexibility index (Phi) is 4.14. The van der Waals surface area contributed by atoms with E-state index >= 15 is 0 Å². The van der Waals surface area contributed by atoms with Gasteiger partial charge in [-0.3, -0.25) is 9.89 Å². The molecule has 6 nitrogen and oxygen atoms in total. The SMILES string of the molecule is Cc1ccc2nc(Sc3n[nH]c(-c4ccc(O)cc4)n3)c(C=O)cc2c1. The number of phenols is 1. The molecule has 0 saturated carbocycles. The first-order chi connectivity index (χ1) is 12.6. The van der Waals surface area contributed by atoms with Crippen molar-refractivity contribution in [2.24, 2.45) is 0 Å². The molecule has 128 valence electrons. The topological polar surface area (TPSA) is 91.8 Å². The number of hydrogen-bond donors (Lipinski definition) is 2. The largest absolute Gasteiger partial charge is 0.508 e. The number of phenolic OH excluding ortho intramolecular Hbond substituents is 1. The number of fused-ring (bicyclic) bond motifs is 1. The Labute approximate surface area is 153 Å². The van der Waals surface area contributed by atoms with Crippen LogP contribution in [0.1, 0.15) is 15.9 Å². The summed E-state index contributed by atoms with van der Waals surface area (Å²) < 4.78 is 0. The number of H-pyrrole nitrogens is 1. The van der Waals surface area contributed by atoms with E-state index in [4.69, 9.17) is 0 Å². The van der Waals surface area contributed by atoms with Crippen LogP contribution >= 0.6 is 11.8 Å². The van der Waals surface area contributed by atoms with Gasteiger partial charge in [-0.2, -0.15) is 0 Å². The molecule has 0 fully saturated rings. The summed E-state index contributed by atoms with van der Waals surface area (Å²) in [7, 11) is 0. The predicted molar refractivity (Wildman–Crippen MR) is 99.5 cm³/mol. The highest BCUT2D eigenvalue weighted by Crippen LogP contribution is 2.30. The normalized spacial score (nSPS) is 11.0. The average molecular weight is 362 g/mol. The van der Waals surface area contributed by atoms with E-state index in [-0.39, 0.29) is 5.75 Å². The van der Waals surface area contributed by atoms with E-state index < -0.39 is 0 Å². The number of aromatic amines is 1. The first kappa shape index (κ1) is 16.3. The number of aromatic nitrogens is 4. The van der Waals surface area contributed by atoms with Crippen LogP contribution in [0.4, 0.5) is 0 Å². The van der Waals surface area contributed by atoms with Gasteiger partial charge in [-0.15, -0.1) is 5.10 Å². The first-order valence-corrected chi connectivity index (χ1v) is 8.70. The zero-order valence-electron chi connectivity index (χ0n) is 13.8. The maximum absolute atomic E-state index is 11.5. The van der Waals surface area contributed by atoms with E-state index in [0.717, 1.165) is 28.3 Å². The third-order valence-corrected chi connectivity index (χ3v) is 4.77. The summed E-state index contributed by atoms with van der Waals surface area (Å²) in [6, 6.07) is 14.4. The molecule has 0 unspecified atom stereocenters. The highest BCUT2D eigenvalue weighted by molar-refractivity contribution is 7.99. The molecule has 0 atom stereocenters. The number of nitrogens with zero attached hydrogens (tertiary/aromatic N) is 3. The second kappa shape index (κ2) is 6.61. The van der Waals surface area contributed by atoms with Crippen LogP contribution in [0.25, 0.3) is 22.3 Å². The van der Waals surface area contributed by atoms with Gasteiger partial charge in [0.1, 0.15) is 10.8 Å². The van der Waals surface area contributed by atoms with Crippen molar-refractivity contribution in [2.45, 2.75) is 17.1 Å².